The maximum Gasteiger partial charge on any atom is 0.475 e. The first-order valence-corrected chi connectivity index (χ1v) is 22.3. The summed E-state index contributed by atoms with van der Waals surface area (Å²) < 4.78 is 69.2. The van der Waals surface area contributed by atoms with E-state index in [9.17, 15) is 33.3 Å². The lowest BCUT2D eigenvalue weighted by atomic mass is 10.0. The van der Waals surface area contributed by atoms with Crippen molar-refractivity contribution in [2.45, 2.75) is 89.6 Å². The minimum atomic E-state index is -4.79. The first kappa shape index (κ1) is 49.5. The number of phosphoric ester groups is 1. The van der Waals surface area contributed by atoms with E-state index in [0.717, 1.165) is 31.9 Å². The molecule has 0 saturated carbocycles. The van der Waals surface area contributed by atoms with Crippen LogP contribution < -0.4 is 16.9 Å². The van der Waals surface area contributed by atoms with Crippen LogP contribution in [0.25, 0.3) is 4.85 Å². The molecule has 9 atom stereocenters. The summed E-state index contributed by atoms with van der Waals surface area (Å²) in [5.41, 5.74) is 1.18. The molecular weight excluding hydrogens is 885 g/mol. The number of Topliss-reactive ketones (excluding diaryl/α,β-unsaturated/α-hetero) is 1. The zero-order valence-corrected chi connectivity index (χ0v) is 37.9. The van der Waals surface area contributed by atoms with Gasteiger partial charge < -0.3 is 33.3 Å². The number of carbonyl (C=O) groups is 3. The number of nitrogens with zero attached hydrogens (tertiary/aromatic N) is 4. The number of ketones is 1. The summed E-state index contributed by atoms with van der Waals surface area (Å²) in [4.78, 5) is 87.1. The van der Waals surface area contributed by atoms with Crippen LogP contribution in [0.2, 0.25) is 0 Å². The molecule has 0 aliphatic carbocycles. The fraction of sp³-hybridized carbons (Fsp3) is 0.455. The van der Waals surface area contributed by atoms with E-state index >= 15 is 0 Å². The highest BCUT2D eigenvalue weighted by Crippen LogP contribution is 2.54. The van der Waals surface area contributed by atoms with Gasteiger partial charge in [-0.3, -0.25) is 37.3 Å². The number of ether oxygens (including phenoxy) is 6. The number of nitrogens with one attached hydrogen (secondary N) is 1. The Balaban J connectivity index is 1.26. The molecule has 66 heavy (non-hydrogen) atoms. The molecule has 2 aromatic carbocycles. The molecule has 352 valence electrons. The zero-order valence-electron chi connectivity index (χ0n) is 37.0. The Bertz CT molecular complexity index is 2640. The van der Waals surface area contributed by atoms with Crippen molar-refractivity contribution in [3.05, 3.63) is 143 Å². The first-order valence-electron chi connectivity index (χ1n) is 20.8. The molecule has 0 amide bonds. The maximum atomic E-state index is 14.6. The Morgan fingerprint density at radius 3 is 2.14 bits per heavy atom. The summed E-state index contributed by atoms with van der Waals surface area (Å²) in [6.45, 7) is 12.3. The van der Waals surface area contributed by atoms with Gasteiger partial charge in [0, 0.05) is 38.2 Å². The van der Waals surface area contributed by atoms with E-state index in [1.54, 1.807) is 49.4 Å². The van der Waals surface area contributed by atoms with Gasteiger partial charge in [0.05, 0.1) is 30.4 Å². The van der Waals surface area contributed by atoms with Crippen LogP contribution in [0.1, 0.15) is 68.9 Å². The lowest BCUT2D eigenvalue weighted by molar-refractivity contribution is -0.161. The van der Waals surface area contributed by atoms with E-state index in [0.29, 0.717) is 5.56 Å². The minimum absolute atomic E-state index is 0.165. The topological polar surface area (TPSA) is 245 Å². The van der Waals surface area contributed by atoms with Gasteiger partial charge in [-0.25, -0.2) is 30.3 Å². The van der Waals surface area contributed by atoms with Crippen LogP contribution in [0.5, 0.6) is 0 Å². The second-order valence-electron chi connectivity index (χ2n) is 15.3. The molecule has 0 radical (unpaired) electrons. The SMILES string of the molecule is [C-]#[N+]CCOP(=O)(OCC1OC(n2ccc(CC(=O)c3ccccc3)nc2=O)C(OC)C1OC(=O)COC(=O)c1cc(C)c(C)c(C)c1)OC1C(CC)OC(n2ccc(=O)[nH]c2=O)C1OC. The second-order valence-corrected chi connectivity index (χ2v) is 16.9. The average molecular weight is 936 g/mol. The zero-order chi connectivity index (χ0) is 47.7. The third-order valence-corrected chi connectivity index (χ3v) is 12.6. The molecule has 21 nitrogen and oxygen atoms in total. The van der Waals surface area contributed by atoms with Crippen LogP contribution in [0.4, 0.5) is 0 Å². The molecule has 0 spiro atoms. The van der Waals surface area contributed by atoms with Gasteiger partial charge in [0.25, 0.3) is 5.56 Å². The molecular formula is C44H50N5O16P. The number of hydrogen-bond acceptors (Lipinski definition) is 17. The lowest BCUT2D eigenvalue weighted by Crippen LogP contribution is -2.41. The van der Waals surface area contributed by atoms with Crippen molar-refractivity contribution < 1.29 is 60.9 Å². The number of aromatic nitrogens is 4. The van der Waals surface area contributed by atoms with Crippen LogP contribution in [-0.2, 0) is 57.8 Å². The van der Waals surface area contributed by atoms with Crippen LogP contribution in [0.3, 0.4) is 0 Å². The number of esters is 2. The summed E-state index contributed by atoms with van der Waals surface area (Å²) >= 11 is 0. The van der Waals surface area contributed by atoms with Crippen LogP contribution >= 0.6 is 7.82 Å². The number of phosphoric acid groups is 1. The summed E-state index contributed by atoms with van der Waals surface area (Å²) in [5, 5.41) is 0. The van der Waals surface area contributed by atoms with Gasteiger partial charge >= 0.3 is 31.1 Å². The minimum Gasteiger partial charge on any atom is -0.454 e. The third kappa shape index (κ3) is 11.5. The molecule has 1 N–H and O–H groups in total. The largest absolute Gasteiger partial charge is 0.475 e. The smallest absolute Gasteiger partial charge is 0.454 e. The van der Waals surface area contributed by atoms with E-state index in [-0.39, 0.29) is 36.4 Å². The summed E-state index contributed by atoms with van der Waals surface area (Å²) in [5.74, 6) is -2.11. The molecule has 2 aliphatic rings. The van der Waals surface area contributed by atoms with E-state index in [1.165, 1.54) is 32.7 Å². The highest BCUT2D eigenvalue weighted by atomic mass is 31.2. The standard InChI is InChI=1S/C44H50N5O16P/c1-8-32-37(39(58-7)41(62-32)49-18-15-34(51)47-44(49)55)65-66(56,60-19-16-45-5)61-23-33-36(64-35(52)24-59-42(53)29-20-25(2)27(4)26(3)21-29)38(57-6)40(63-33)48-17-14-30(46-43(48)54)22-31(50)28-12-10-9-11-13-28/h9-15,17-18,20-21,32-33,36-41H,8,16,19,22-24H2,1-4,6-7H3,(H,47,51,55). The molecule has 6 rings (SSSR count). The summed E-state index contributed by atoms with van der Waals surface area (Å²) in [6.07, 6.45) is -7.28. The summed E-state index contributed by atoms with van der Waals surface area (Å²) in [7, 11) is -2.22. The van der Waals surface area contributed by atoms with Crippen molar-refractivity contribution in [1.82, 2.24) is 19.1 Å². The Morgan fingerprint density at radius 2 is 1.50 bits per heavy atom. The molecule has 9 unspecified atom stereocenters. The van der Waals surface area contributed by atoms with Gasteiger partial charge in [0.15, 0.2) is 30.9 Å². The van der Waals surface area contributed by atoms with Crippen molar-refractivity contribution >= 4 is 25.5 Å². The molecule has 2 aliphatic heterocycles. The number of aryl methyl sites for hydroxylation is 2. The molecule has 4 heterocycles. The number of aromatic amines is 1. The van der Waals surface area contributed by atoms with E-state index in [1.807, 2.05) is 20.8 Å². The van der Waals surface area contributed by atoms with Crippen molar-refractivity contribution in [2.24, 2.45) is 0 Å². The Hall–Kier alpha value is -5.95. The Kier molecular flexibility index (Phi) is 16.5. The average Bonchev–Trinajstić information content (AvgIpc) is 3.82. The van der Waals surface area contributed by atoms with Crippen LogP contribution in [0.15, 0.2) is 81.4 Å². The van der Waals surface area contributed by atoms with E-state index in [2.05, 4.69) is 14.8 Å². The Labute approximate surface area is 378 Å². The number of carbonyl (C=O) groups excluding carboxylic acids is 3. The quantitative estimate of drug-likeness (QED) is 0.0437. The van der Waals surface area contributed by atoms with Crippen LogP contribution in [0, 0.1) is 27.3 Å². The van der Waals surface area contributed by atoms with Crippen molar-refractivity contribution in [3.8, 4) is 0 Å². The van der Waals surface area contributed by atoms with Crippen molar-refractivity contribution in [2.75, 3.05) is 40.6 Å². The predicted molar refractivity (Wildman–Crippen MR) is 231 cm³/mol. The van der Waals surface area contributed by atoms with Crippen LogP contribution in [-0.4, -0.2) is 114 Å². The monoisotopic (exact) mass is 935 g/mol. The normalized spacial score (nSPS) is 23.5. The fourth-order valence-corrected chi connectivity index (χ4v) is 8.90. The first-order chi connectivity index (χ1) is 31.6. The molecule has 2 saturated heterocycles. The highest BCUT2D eigenvalue weighted by Gasteiger charge is 2.53. The van der Waals surface area contributed by atoms with E-state index in [4.69, 9.17) is 48.6 Å². The van der Waals surface area contributed by atoms with Gasteiger partial charge in [0.2, 0.25) is 6.54 Å². The van der Waals surface area contributed by atoms with Gasteiger partial charge in [-0.1, -0.05) is 37.3 Å². The molecule has 4 aromatic rings. The molecule has 22 heteroatoms. The van der Waals surface area contributed by atoms with E-state index < -0.39 is 106 Å². The molecule has 0 bridgehead atoms. The maximum absolute atomic E-state index is 14.6. The second kappa shape index (κ2) is 22.0. The fourth-order valence-electron chi connectivity index (χ4n) is 7.51. The predicted octanol–water partition coefficient (Wildman–Crippen LogP) is 3.59. The highest BCUT2D eigenvalue weighted by molar-refractivity contribution is 7.48. The number of hydrogen-bond donors (Lipinski definition) is 1. The van der Waals surface area contributed by atoms with Gasteiger partial charge in [-0.05, 0) is 62.1 Å². The number of rotatable bonds is 20. The number of H-pyrrole nitrogens is 1. The molecule has 2 aromatic heterocycles. The number of benzene rings is 2. The summed E-state index contributed by atoms with van der Waals surface area (Å²) in [6, 6.07) is 14.3. The lowest BCUT2D eigenvalue weighted by Gasteiger charge is -2.28. The van der Waals surface area contributed by atoms with Crippen molar-refractivity contribution in [1.29, 1.82) is 0 Å². The van der Waals surface area contributed by atoms with Gasteiger partial charge in [-0.2, -0.15) is 4.98 Å². The third-order valence-electron chi connectivity index (χ3n) is 11.1. The molecule has 2 fully saturated rings. The Morgan fingerprint density at radius 1 is 0.848 bits per heavy atom. The van der Waals surface area contributed by atoms with Gasteiger partial charge in [0.1, 0.15) is 31.0 Å². The van der Waals surface area contributed by atoms with Gasteiger partial charge in [-0.15, -0.1) is 0 Å². The van der Waals surface area contributed by atoms with Crippen molar-refractivity contribution in [3.63, 3.8) is 0 Å². The number of methoxy groups -OCH3 is 2.